The van der Waals surface area contributed by atoms with Crippen LogP contribution in [-0.4, -0.2) is 26.0 Å². The van der Waals surface area contributed by atoms with Gasteiger partial charge in [0.05, 0.1) is 29.5 Å². The molecule has 0 radical (unpaired) electrons. The Bertz CT molecular complexity index is 1060. The van der Waals surface area contributed by atoms with Gasteiger partial charge in [0.1, 0.15) is 11.0 Å². The molecule has 4 aromatic rings. The molecule has 2 aromatic carbocycles. The third-order valence-electron chi connectivity index (χ3n) is 4.12. The number of benzene rings is 2. The number of hydrogen-bond acceptors (Lipinski definition) is 5. The van der Waals surface area contributed by atoms with Gasteiger partial charge in [-0.05, 0) is 31.5 Å². The number of fused-ring (bicyclic) bond motifs is 2. The van der Waals surface area contributed by atoms with Gasteiger partial charge in [0.2, 0.25) is 0 Å². The standard InChI is InChI=1S/C18H15N3O2S/c1-3-23-18(22)21-15-10-5-4-7-12(15)11(2)17(21)13-8-6-9-14-16(13)20-24-19-14/h4-10H,3H2,1-2H3. The van der Waals surface area contributed by atoms with Crippen LogP contribution >= 0.6 is 11.7 Å². The molecule has 120 valence electrons. The highest BCUT2D eigenvalue weighted by atomic mass is 32.1. The molecule has 0 N–H and O–H groups in total. The molecule has 0 bridgehead atoms. The second-order valence-corrected chi connectivity index (χ2v) is 5.99. The van der Waals surface area contributed by atoms with Gasteiger partial charge in [-0.15, -0.1) is 0 Å². The molecule has 6 heteroatoms. The summed E-state index contributed by atoms with van der Waals surface area (Å²) < 4.78 is 15.7. The van der Waals surface area contributed by atoms with Crippen molar-refractivity contribution in [2.45, 2.75) is 13.8 Å². The van der Waals surface area contributed by atoms with Gasteiger partial charge in [-0.2, -0.15) is 8.75 Å². The van der Waals surface area contributed by atoms with Crippen molar-refractivity contribution in [1.82, 2.24) is 13.3 Å². The van der Waals surface area contributed by atoms with Gasteiger partial charge in [0, 0.05) is 10.9 Å². The Morgan fingerprint density at radius 1 is 1.17 bits per heavy atom. The van der Waals surface area contributed by atoms with Crippen molar-refractivity contribution in [3.63, 3.8) is 0 Å². The lowest BCUT2D eigenvalue weighted by molar-refractivity contribution is 0.155. The normalized spacial score (nSPS) is 11.2. The third-order valence-corrected chi connectivity index (χ3v) is 4.66. The number of hydrogen-bond donors (Lipinski definition) is 0. The quantitative estimate of drug-likeness (QED) is 0.535. The Morgan fingerprint density at radius 3 is 2.83 bits per heavy atom. The number of para-hydroxylation sites is 1. The van der Waals surface area contributed by atoms with E-state index >= 15 is 0 Å². The van der Waals surface area contributed by atoms with Crippen molar-refractivity contribution < 1.29 is 9.53 Å². The van der Waals surface area contributed by atoms with Crippen LogP contribution in [0.25, 0.3) is 33.2 Å². The van der Waals surface area contributed by atoms with Gasteiger partial charge in [-0.1, -0.05) is 30.3 Å². The maximum Gasteiger partial charge on any atom is 0.418 e. The van der Waals surface area contributed by atoms with E-state index in [-0.39, 0.29) is 6.09 Å². The van der Waals surface area contributed by atoms with E-state index in [1.807, 2.05) is 49.4 Å². The Labute approximate surface area is 142 Å². The van der Waals surface area contributed by atoms with Crippen LogP contribution in [0, 0.1) is 6.92 Å². The van der Waals surface area contributed by atoms with Crippen LogP contribution in [0.2, 0.25) is 0 Å². The number of ether oxygens (including phenoxy) is 1. The van der Waals surface area contributed by atoms with Crippen LogP contribution < -0.4 is 0 Å². The molecule has 0 aliphatic heterocycles. The minimum Gasteiger partial charge on any atom is -0.449 e. The number of carbonyl (C=O) groups is 1. The van der Waals surface area contributed by atoms with Crippen molar-refractivity contribution in [2.75, 3.05) is 6.61 Å². The van der Waals surface area contributed by atoms with Gasteiger partial charge in [-0.25, -0.2) is 9.36 Å². The summed E-state index contributed by atoms with van der Waals surface area (Å²) in [5, 5.41) is 1.03. The molecule has 0 atom stereocenters. The molecule has 0 spiro atoms. The molecular weight excluding hydrogens is 322 g/mol. The predicted octanol–water partition coefficient (Wildman–Crippen LogP) is 4.63. The molecule has 5 nitrogen and oxygen atoms in total. The zero-order chi connectivity index (χ0) is 16.7. The summed E-state index contributed by atoms with van der Waals surface area (Å²) in [5.74, 6) is 0. The van der Waals surface area contributed by atoms with Crippen molar-refractivity contribution in [1.29, 1.82) is 0 Å². The lowest BCUT2D eigenvalue weighted by atomic mass is 10.1. The number of aryl methyl sites for hydroxylation is 1. The first-order valence-electron chi connectivity index (χ1n) is 7.71. The number of rotatable bonds is 2. The Hall–Kier alpha value is -2.73. The second-order valence-electron chi connectivity index (χ2n) is 5.46. The van der Waals surface area contributed by atoms with Gasteiger partial charge in [-0.3, -0.25) is 0 Å². The highest BCUT2D eigenvalue weighted by molar-refractivity contribution is 7.00. The summed E-state index contributed by atoms with van der Waals surface area (Å²) in [5.41, 5.74) is 5.20. The SMILES string of the molecule is CCOC(=O)n1c(-c2cccc3nsnc23)c(C)c2ccccc21. The lowest BCUT2D eigenvalue weighted by Crippen LogP contribution is -2.14. The second kappa shape index (κ2) is 5.72. The topological polar surface area (TPSA) is 57.0 Å². The summed E-state index contributed by atoms with van der Waals surface area (Å²) >= 11 is 1.17. The summed E-state index contributed by atoms with van der Waals surface area (Å²) in [6.45, 7) is 4.15. The Morgan fingerprint density at radius 2 is 2.00 bits per heavy atom. The monoisotopic (exact) mass is 337 g/mol. The van der Waals surface area contributed by atoms with E-state index in [1.165, 1.54) is 11.7 Å². The summed E-state index contributed by atoms with van der Waals surface area (Å²) in [6.07, 6.45) is -0.378. The van der Waals surface area contributed by atoms with E-state index in [2.05, 4.69) is 8.75 Å². The number of nitrogens with zero attached hydrogens (tertiary/aromatic N) is 3. The molecule has 0 aliphatic carbocycles. The van der Waals surface area contributed by atoms with E-state index < -0.39 is 0 Å². The molecule has 4 rings (SSSR count). The average Bonchev–Trinajstić information content (AvgIpc) is 3.18. The largest absolute Gasteiger partial charge is 0.449 e. The lowest BCUT2D eigenvalue weighted by Gasteiger charge is -2.10. The average molecular weight is 337 g/mol. The summed E-state index contributed by atoms with van der Waals surface area (Å²) in [4.78, 5) is 12.6. The summed E-state index contributed by atoms with van der Waals surface area (Å²) in [6, 6.07) is 13.7. The minimum absolute atomic E-state index is 0.326. The van der Waals surface area contributed by atoms with E-state index in [0.29, 0.717) is 6.61 Å². The maximum absolute atomic E-state index is 12.6. The van der Waals surface area contributed by atoms with E-state index in [4.69, 9.17) is 4.74 Å². The first kappa shape index (κ1) is 14.8. The zero-order valence-corrected chi connectivity index (χ0v) is 14.1. The van der Waals surface area contributed by atoms with Crippen LogP contribution in [0.3, 0.4) is 0 Å². The highest BCUT2D eigenvalue weighted by Crippen LogP contribution is 2.36. The minimum atomic E-state index is -0.378. The molecule has 2 aromatic heterocycles. The van der Waals surface area contributed by atoms with Gasteiger partial charge in [0.25, 0.3) is 0 Å². The first-order chi connectivity index (χ1) is 11.7. The highest BCUT2D eigenvalue weighted by Gasteiger charge is 2.23. The fourth-order valence-corrected chi connectivity index (χ4v) is 3.65. The fraction of sp³-hybridized carbons (Fsp3) is 0.167. The maximum atomic E-state index is 12.6. The number of carbonyl (C=O) groups excluding carboxylic acids is 1. The van der Waals surface area contributed by atoms with Crippen molar-refractivity contribution >= 4 is 39.8 Å². The van der Waals surface area contributed by atoms with Gasteiger partial charge < -0.3 is 4.74 Å². The number of aromatic nitrogens is 3. The molecule has 0 unspecified atom stereocenters. The van der Waals surface area contributed by atoms with E-state index in [9.17, 15) is 4.79 Å². The molecule has 0 amide bonds. The zero-order valence-electron chi connectivity index (χ0n) is 13.3. The van der Waals surface area contributed by atoms with Crippen molar-refractivity contribution in [2.24, 2.45) is 0 Å². The van der Waals surface area contributed by atoms with Gasteiger partial charge >= 0.3 is 6.09 Å². The van der Waals surface area contributed by atoms with Crippen LogP contribution in [0.5, 0.6) is 0 Å². The van der Waals surface area contributed by atoms with E-state index in [0.717, 1.165) is 38.8 Å². The van der Waals surface area contributed by atoms with Crippen LogP contribution in [-0.2, 0) is 4.74 Å². The van der Waals surface area contributed by atoms with Gasteiger partial charge in [0.15, 0.2) is 0 Å². The van der Waals surface area contributed by atoms with Crippen LogP contribution in [0.15, 0.2) is 42.5 Å². The third kappa shape index (κ3) is 2.11. The van der Waals surface area contributed by atoms with Crippen molar-refractivity contribution in [3.05, 3.63) is 48.0 Å². The summed E-state index contributed by atoms with van der Waals surface area (Å²) in [7, 11) is 0. The van der Waals surface area contributed by atoms with Crippen LogP contribution in [0.4, 0.5) is 4.79 Å². The smallest absolute Gasteiger partial charge is 0.418 e. The molecular formula is C18H15N3O2S. The van der Waals surface area contributed by atoms with Crippen LogP contribution in [0.1, 0.15) is 12.5 Å². The predicted molar refractivity (Wildman–Crippen MR) is 95.5 cm³/mol. The molecule has 24 heavy (non-hydrogen) atoms. The first-order valence-corrected chi connectivity index (χ1v) is 8.44. The Balaban J connectivity index is 2.11. The molecule has 0 saturated heterocycles. The van der Waals surface area contributed by atoms with E-state index in [1.54, 1.807) is 11.5 Å². The fourth-order valence-electron chi connectivity index (χ4n) is 3.10. The molecule has 0 saturated carbocycles. The molecule has 0 fully saturated rings. The molecule has 0 aliphatic rings. The Kier molecular flexibility index (Phi) is 3.54. The van der Waals surface area contributed by atoms with Crippen molar-refractivity contribution in [3.8, 4) is 11.3 Å². The molecule has 2 heterocycles.